The fraction of sp³-hybridized carbons (Fsp3) is 0.0952. The van der Waals surface area contributed by atoms with Crippen LogP contribution in [0.4, 0.5) is 11.4 Å². The van der Waals surface area contributed by atoms with E-state index < -0.39 is 10.0 Å². The van der Waals surface area contributed by atoms with Gasteiger partial charge >= 0.3 is 0 Å². The van der Waals surface area contributed by atoms with E-state index in [0.29, 0.717) is 39.9 Å². The number of fused-ring (bicyclic) bond motifs is 1. The molecule has 0 fully saturated rings. The summed E-state index contributed by atoms with van der Waals surface area (Å²) in [6, 6.07) is 15.9. The third-order valence-corrected chi connectivity index (χ3v) is 7.69. The van der Waals surface area contributed by atoms with Crippen LogP contribution >= 0.6 is 34.8 Å². The molecule has 0 spiro atoms. The summed E-state index contributed by atoms with van der Waals surface area (Å²) in [6.07, 6.45) is 0.501. The van der Waals surface area contributed by atoms with Gasteiger partial charge in [-0.2, -0.15) is 0 Å². The number of halogens is 3. The van der Waals surface area contributed by atoms with Crippen molar-refractivity contribution in [3.63, 3.8) is 0 Å². The molecular weight excluding hydrogens is 467 g/mol. The number of anilines is 2. The van der Waals surface area contributed by atoms with Crippen LogP contribution in [0.2, 0.25) is 15.1 Å². The number of amides is 1. The number of benzene rings is 3. The highest BCUT2D eigenvalue weighted by atomic mass is 35.5. The molecule has 3 aromatic carbocycles. The molecule has 3 aromatic rings. The van der Waals surface area contributed by atoms with Crippen LogP contribution in [-0.4, -0.2) is 20.9 Å². The van der Waals surface area contributed by atoms with Crippen molar-refractivity contribution in [3.8, 4) is 0 Å². The Bertz CT molecular complexity index is 1240. The van der Waals surface area contributed by atoms with Gasteiger partial charge in [0.05, 0.1) is 26.3 Å². The minimum absolute atomic E-state index is 0.164. The number of hydrogen-bond acceptors (Lipinski definition) is 3. The van der Waals surface area contributed by atoms with Crippen LogP contribution in [0.15, 0.2) is 65.6 Å². The van der Waals surface area contributed by atoms with Gasteiger partial charge in [-0.25, -0.2) is 8.42 Å². The minimum atomic E-state index is -3.72. The summed E-state index contributed by atoms with van der Waals surface area (Å²) in [6.45, 7) is 0.297. The monoisotopic (exact) mass is 480 g/mol. The molecule has 0 bridgehead atoms. The quantitative estimate of drug-likeness (QED) is 0.523. The Balaban J connectivity index is 1.60. The molecule has 0 saturated heterocycles. The standard InChI is InChI=1S/C21H15Cl3N2O3S/c22-15-5-7-16(8-6-15)30(28,29)26-11-10-13-12-14(4-9-19(13)26)21(27)25-18-3-1-2-17(23)20(18)24/h1-9,12H,10-11H2,(H,25,27). The molecule has 154 valence electrons. The van der Waals surface area contributed by atoms with Gasteiger partial charge in [0, 0.05) is 17.1 Å². The van der Waals surface area contributed by atoms with E-state index in [1.807, 2.05) is 0 Å². The summed E-state index contributed by atoms with van der Waals surface area (Å²) in [5.74, 6) is -0.360. The molecule has 30 heavy (non-hydrogen) atoms. The van der Waals surface area contributed by atoms with Crippen LogP contribution < -0.4 is 9.62 Å². The highest BCUT2D eigenvalue weighted by Crippen LogP contribution is 2.34. The number of rotatable bonds is 4. The molecule has 1 amide bonds. The van der Waals surface area contributed by atoms with E-state index in [4.69, 9.17) is 34.8 Å². The van der Waals surface area contributed by atoms with Crippen molar-refractivity contribution in [1.29, 1.82) is 0 Å². The first-order chi connectivity index (χ1) is 14.3. The summed E-state index contributed by atoms with van der Waals surface area (Å²) in [7, 11) is -3.72. The minimum Gasteiger partial charge on any atom is -0.321 e. The van der Waals surface area contributed by atoms with E-state index in [9.17, 15) is 13.2 Å². The molecule has 0 aromatic heterocycles. The average Bonchev–Trinajstić information content (AvgIpc) is 3.16. The lowest BCUT2D eigenvalue weighted by Gasteiger charge is -2.20. The zero-order valence-electron chi connectivity index (χ0n) is 15.4. The van der Waals surface area contributed by atoms with Gasteiger partial charge in [-0.15, -0.1) is 0 Å². The summed E-state index contributed by atoms with van der Waals surface area (Å²) in [5.41, 5.74) is 2.14. The molecule has 0 atom stereocenters. The van der Waals surface area contributed by atoms with Gasteiger partial charge in [0.25, 0.3) is 15.9 Å². The van der Waals surface area contributed by atoms with E-state index in [1.165, 1.54) is 16.4 Å². The lowest BCUT2D eigenvalue weighted by molar-refractivity contribution is 0.102. The van der Waals surface area contributed by atoms with Crippen molar-refractivity contribution in [2.45, 2.75) is 11.3 Å². The Morgan fingerprint density at radius 3 is 2.43 bits per heavy atom. The van der Waals surface area contributed by atoms with Gasteiger partial charge in [0.1, 0.15) is 0 Å². The van der Waals surface area contributed by atoms with Crippen molar-refractivity contribution in [2.24, 2.45) is 0 Å². The predicted molar refractivity (Wildman–Crippen MR) is 121 cm³/mol. The fourth-order valence-electron chi connectivity index (χ4n) is 3.29. The Morgan fingerprint density at radius 1 is 0.967 bits per heavy atom. The SMILES string of the molecule is O=C(Nc1cccc(Cl)c1Cl)c1ccc2c(c1)CCN2S(=O)(=O)c1ccc(Cl)cc1. The molecule has 9 heteroatoms. The van der Waals surface area contributed by atoms with Crippen LogP contribution in [0.1, 0.15) is 15.9 Å². The van der Waals surface area contributed by atoms with Crippen LogP contribution in [0, 0.1) is 0 Å². The van der Waals surface area contributed by atoms with E-state index in [-0.39, 0.29) is 15.8 Å². The number of carbonyl (C=O) groups excluding carboxylic acids is 1. The van der Waals surface area contributed by atoms with Gasteiger partial charge in [-0.3, -0.25) is 9.10 Å². The second-order valence-corrected chi connectivity index (χ2v) is 9.76. The topological polar surface area (TPSA) is 66.5 Å². The lowest BCUT2D eigenvalue weighted by atomic mass is 10.1. The second kappa shape index (κ2) is 8.12. The highest BCUT2D eigenvalue weighted by molar-refractivity contribution is 7.92. The number of nitrogens with zero attached hydrogens (tertiary/aromatic N) is 1. The lowest BCUT2D eigenvalue weighted by Crippen LogP contribution is -2.29. The molecule has 0 aliphatic carbocycles. The molecule has 1 aliphatic heterocycles. The van der Waals surface area contributed by atoms with Crippen LogP contribution in [0.5, 0.6) is 0 Å². The molecule has 0 saturated carbocycles. The number of sulfonamides is 1. The van der Waals surface area contributed by atoms with Crippen molar-refractivity contribution >= 4 is 62.1 Å². The molecule has 1 aliphatic rings. The summed E-state index contributed by atoms with van der Waals surface area (Å²) in [5, 5.41) is 3.79. The smallest absolute Gasteiger partial charge is 0.264 e. The second-order valence-electron chi connectivity index (χ2n) is 6.68. The fourth-order valence-corrected chi connectivity index (χ4v) is 5.27. The van der Waals surface area contributed by atoms with E-state index in [0.717, 1.165) is 5.56 Å². The first-order valence-electron chi connectivity index (χ1n) is 8.94. The first-order valence-corrected chi connectivity index (χ1v) is 11.5. The summed E-state index contributed by atoms with van der Waals surface area (Å²) in [4.78, 5) is 12.8. The van der Waals surface area contributed by atoms with Crippen LogP contribution in [-0.2, 0) is 16.4 Å². The van der Waals surface area contributed by atoms with E-state index >= 15 is 0 Å². The Labute approximate surface area is 189 Å². The van der Waals surface area contributed by atoms with Crippen molar-refractivity contribution < 1.29 is 13.2 Å². The molecular formula is C21H15Cl3N2O3S. The molecule has 5 nitrogen and oxygen atoms in total. The van der Waals surface area contributed by atoms with Gasteiger partial charge < -0.3 is 5.32 Å². The third kappa shape index (κ3) is 3.88. The molecule has 4 rings (SSSR count). The highest BCUT2D eigenvalue weighted by Gasteiger charge is 2.31. The maximum absolute atomic E-state index is 13.0. The zero-order valence-corrected chi connectivity index (χ0v) is 18.5. The normalized spacial score (nSPS) is 13.2. The summed E-state index contributed by atoms with van der Waals surface area (Å²) >= 11 is 18.0. The summed E-state index contributed by atoms with van der Waals surface area (Å²) < 4.78 is 27.4. The molecule has 1 N–H and O–H groups in total. The molecule has 0 unspecified atom stereocenters. The van der Waals surface area contributed by atoms with Gasteiger partial charge in [0.2, 0.25) is 0 Å². The Kier molecular flexibility index (Phi) is 5.68. The van der Waals surface area contributed by atoms with Crippen molar-refractivity contribution in [2.75, 3.05) is 16.2 Å². The first kappa shape index (κ1) is 21.0. The molecule has 1 heterocycles. The van der Waals surface area contributed by atoms with E-state index in [1.54, 1.807) is 48.5 Å². The Morgan fingerprint density at radius 2 is 1.70 bits per heavy atom. The van der Waals surface area contributed by atoms with E-state index in [2.05, 4.69) is 5.32 Å². The van der Waals surface area contributed by atoms with Crippen LogP contribution in [0.25, 0.3) is 0 Å². The number of nitrogens with one attached hydrogen (secondary N) is 1. The number of hydrogen-bond donors (Lipinski definition) is 1. The van der Waals surface area contributed by atoms with Gasteiger partial charge in [0.15, 0.2) is 0 Å². The van der Waals surface area contributed by atoms with Gasteiger partial charge in [-0.1, -0.05) is 40.9 Å². The maximum atomic E-state index is 13.0. The largest absolute Gasteiger partial charge is 0.321 e. The van der Waals surface area contributed by atoms with Gasteiger partial charge in [-0.05, 0) is 66.6 Å². The van der Waals surface area contributed by atoms with Crippen molar-refractivity contribution in [3.05, 3.63) is 86.9 Å². The van der Waals surface area contributed by atoms with Crippen LogP contribution in [0.3, 0.4) is 0 Å². The Hall–Kier alpha value is -2.25. The number of carbonyl (C=O) groups is 1. The molecule has 0 radical (unpaired) electrons. The third-order valence-electron chi connectivity index (χ3n) is 4.80. The van der Waals surface area contributed by atoms with Crippen molar-refractivity contribution in [1.82, 2.24) is 0 Å². The zero-order chi connectivity index (χ0) is 21.5. The maximum Gasteiger partial charge on any atom is 0.264 e. The average molecular weight is 482 g/mol. The predicted octanol–water partition coefficient (Wildman–Crippen LogP) is 5.65.